The van der Waals surface area contributed by atoms with E-state index >= 15 is 0 Å². The highest BCUT2D eigenvalue weighted by Gasteiger charge is 2.31. The van der Waals surface area contributed by atoms with Crippen LogP contribution >= 0.6 is 23.2 Å². The van der Waals surface area contributed by atoms with Crippen molar-refractivity contribution in [1.82, 2.24) is 10.2 Å². The standard InChI is InChI=1S/C30H34Cl2N2O3/c1-5-22(4)33-30(36)27(16-23-9-7-6-8-10-23)34(18-24-12-13-25(31)17-26(24)32)29(35)19-37-28-14-11-20(2)15-21(28)3/h6-15,17,22,27H,5,16,18-19H2,1-4H3,(H,33,36)/t22-,27+/m1/s1. The van der Waals surface area contributed by atoms with Crippen LogP contribution in [0.2, 0.25) is 10.0 Å². The van der Waals surface area contributed by atoms with E-state index in [1.807, 2.05) is 76.2 Å². The molecule has 0 saturated heterocycles. The van der Waals surface area contributed by atoms with E-state index in [4.69, 9.17) is 27.9 Å². The largest absolute Gasteiger partial charge is 0.483 e. The number of rotatable bonds is 11. The van der Waals surface area contributed by atoms with Gasteiger partial charge in [0.1, 0.15) is 11.8 Å². The molecule has 0 radical (unpaired) electrons. The van der Waals surface area contributed by atoms with Gasteiger partial charge in [-0.1, -0.05) is 84.2 Å². The Bertz CT molecular complexity index is 1220. The first kappa shape index (κ1) is 28.5. The predicted molar refractivity (Wildman–Crippen MR) is 150 cm³/mol. The van der Waals surface area contributed by atoms with Crippen LogP contribution in [0.1, 0.15) is 42.5 Å². The first-order valence-corrected chi connectivity index (χ1v) is 13.2. The second kappa shape index (κ2) is 13.5. The molecule has 2 amide bonds. The van der Waals surface area contributed by atoms with Gasteiger partial charge < -0.3 is 15.0 Å². The minimum atomic E-state index is -0.765. The minimum absolute atomic E-state index is 0.0340. The summed E-state index contributed by atoms with van der Waals surface area (Å²) in [5, 5.41) is 3.99. The number of halogens is 2. The molecule has 0 saturated carbocycles. The van der Waals surface area contributed by atoms with Crippen molar-refractivity contribution in [2.45, 2.75) is 59.2 Å². The molecule has 0 fully saturated rings. The molecule has 7 heteroatoms. The molecule has 2 atom stereocenters. The first-order chi connectivity index (χ1) is 17.7. The molecule has 0 bridgehead atoms. The zero-order valence-corrected chi connectivity index (χ0v) is 23.3. The average molecular weight is 542 g/mol. The maximum absolute atomic E-state index is 13.7. The summed E-state index contributed by atoms with van der Waals surface area (Å²) in [7, 11) is 0. The van der Waals surface area contributed by atoms with Crippen LogP contribution in [-0.2, 0) is 22.6 Å². The summed E-state index contributed by atoms with van der Waals surface area (Å²) in [5.74, 6) is 0.0986. The fourth-order valence-corrected chi connectivity index (χ4v) is 4.48. The normalized spacial score (nSPS) is 12.5. The van der Waals surface area contributed by atoms with Gasteiger partial charge in [-0.25, -0.2) is 0 Å². The molecule has 3 aromatic carbocycles. The van der Waals surface area contributed by atoms with Crippen LogP contribution in [0.15, 0.2) is 66.7 Å². The van der Waals surface area contributed by atoms with Gasteiger partial charge in [-0.2, -0.15) is 0 Å². The Hall–Kier alpha value is -3.02. The molecule has 0 aliphatic carbocycles. The highest BCUT2D eigenvalue weighted by Crippen LogP contribution is 2.25. The minimum Gasteiger partial charge on any atom is -0.483 e. The van der Waals surface area contributed by atoms with Crippen molar-refractivity contribution in [2.75, 3.05) is 6.61 Å². The summed E-state index contributed by atoms with van der Waals surface area (Å²) in [6, 6.07) is 19.8. The Morgan fingerprint density at radius 1 is 1.00 bits per heavy atom. The van der Waals surface area contributed by atoms with Gasteiger partial charge in [-0.05, 0) is 62.1 Å². The lowest BCUT2D eigenvalue weighted by Gasteiger charge is -2.32. The Kier molecular flexibility index (Phi) is 10.4. The molecule has 1 N–H and O–H groups in total. The molecule has 0 aromatic heterocycles. The average Bonchev–Trinajstić information content (AvgIpc) is 2.87. The Balaban J connectivity index is 1.95. The van der Waals surface area contributed by atoms with E-state index in [0.29, 0.717) is 27.8 Å². The highest BCUT2D eigenvalue weighted by molar-refractivity contribution is 6.35. The molecular weight excluding hydrogens is 507 g/mol. The van der Waals surface area contributed by atoms with Gasteiger partial charge in [0, 0.05) is 29.1 Å². The molecule has 0 unspecified atom stereocenters. The lowest BCUT2D eigenvalue weighted by Crippen LogP contribution is -2.53. The Morgan fingerprint density at radius 3 is 2.38 bits per heavy atom. The molecule has 37 heavy (non-hydrogen) atoms. The topological polar surface area (TPSA) is 58.6 Å². The molecule has 3 rings (SSSR count). The van der Waals surface area contributed by atoms with Crippen molar-refractivity contribution in [1.29, 1.82) is 0 Å². The van der Waals surface area contributed by atoms with Crippen molar-refractivity contribution < 1.29 is 14.3 Å². The number of amides is 2. The summed E-state index contributed by atoms with van der Waals surface area (Å²) < 4.78 is 5.93. The fourth-order valence-electron chi connectivity index (χ4n) is 4.01. The molecule has 0 aliphatic rings. The quantitative estimate of drug-likeness (QED) is 0.300. The van der Waals surface area contributed by atoms with Crippen LogP contribution < -0.4 is 10.1 Å². The number of benzene rings is 3. The van der Waals surface area contributed by atoms with E-state index in [1.165, 1.54) is 0 Å². The monoisotopic (exact) mass is 540 g/mol. The van der Waals surface area contributed by atoms with Gasteiger partial charge in [-0.3, -0.25) is 9.59 Å². The van der Waals surface area contributed by atoms with Crippen LogP contribution in [0.4, 0.5) is 0 Å². The zero-order chi connectivity index (χ0) is 26.9. The first-order valence-electron chi connectivity index (χ1n) is 12.5. The smallest absolute Gasteiger partial charge is 0.261 e. The van der Waals surface area contributed by atoms with Crippen LogP contribution in [-0.4, -0.2) is 35.4 Å². The van der Waals surface area contributed by atoms with Crippen LogP contribution in [0, 0.1) is 13.8 Å². The van der Waals surface area contributed by atoms with E-state index in [9.17, 15) is 9.59 Å². The second-order valence-electron chi connectivity index (χ2n) is 9.34. The Labute approximate surface area is 229 Å². The van der Waals surface area contributed by atoms with Crippen LogP contribution in [0.5, 0.6) is 5.75 Å². The fraction of sp³-hybridized carbons (Fsp3) is 0.333. The number of aryl methyl sites for hydroxylation is 2. The number of nitrogens with one attached hydrogen (secondary N) is 1. The van der Waals surface area contributed by atoms with Crippen molar-refractivity contribution in [3.05, 3.63) is 99.0 Å². The van der Waals surface area contributed by atoms with Gasteiger partial charge in [0.05, 0.1) is 0 Å². The third-order valence-corrected chi connectivity index (χ3v) is 6.90. The molecule has 5 nitrogen and oxygen atoms in total. The van der Waals surface area contributed by atoms with Gasteiger partial charge >= 0.3 is 0 Å². The highest BCUT2D eigenvalue weighted by atomic mass is 35.5. The van der Waals surface area contributed by atoms with E-state index in [-0.39, 0.29) is 31.0 Å². The van der Waals surface area contributed by atoms with E-state index in [0.717, 1.165) is 23.1 Å². The molecule has 3 aromatic rings. The summed E-state index contributed by atoms with van der Waals surface area (Å²) >= 11 is 12.6. The van der Waals surface area contributed by atoms with E-state index < -0.39 is 6.04 Å². The molecular formula is C30H34Cl2N2O3. The number of hydrogen-bond acceptors (Lipinski definition) is 3. The van der Waals surface area contributed by atoms with Crippen molar-refractivity contribution in [2.24, 2.45) is 0 Å². The Morgan fingerprint density at radius 2 is 1.73 bits per heavy atom. The number of carbonyl (C=O) groups excluding carboxylic acids is 2. The lowest BCUT2D eigenvalue weighted by atomic mass is 10.0. The predicted octanol–water partition coefficient (Wildman–Crippen LogP) is 6.54. The maximum atomic E-state index is 13.7. The van der Waals surface area contributed by atoms with Gasteiger partial charge in [0.15, 0.2) is 6.61 Å². The second-order valence-corrected chi connectivity index (χ2v) is 10.2. The van der Waals surface area contributed by atoms with Gasteiger partial charge in [0.25, 0.3) is 5.91 Å². The van der Waals surface area contributed by atoms with Crippen LogP contribution in [0.3, 0.4) is 0 Å². The van der Waals surface area contributed by atoms with Crippen molar-refractivity contribution in [3.63, 3.8) is 0 Å². The van der Waals surface area contributed by atoms with E-state index in [2.05, 4.69) is 5.32 Å². The number of nitrogens with zero attached hydrogens (tertiary/aromatic N) is 1. The zero-order valence-electron chi connectivity index (χ0n) is 21.8. The molecule has 0 aliphatic heterocycles. The van der Waals surface area contributed by atoms with Gasteiger partial charge in [0.2, 0.25) is 5.91 Å². The molecule has 0 spiro atoms. The summed E-state index contributed by atoms with van der Waals surface area (Å²) in [5.41, 5.74) is 3.69. The van der Waals surface area contributed by atoms with Gasteiger partial charge in [-0.15, -0.1) is 0 Å². The summed E-state index contributed by atoms with van der Waals surface area (Å²) in [6.07, 6.45) is 1.13. The van der Waals surface area contributed by atoms with Crippen molar-refractivity contribution in [3.8, 4) is 5.75 Å². The maximum Gasteiger partial charge on any atom is 0.261 e. The van der Waals surface area contributed by atoms with E-state index in [1.54, 1.807) is 23.1 Å². The third kappa shape index (κ3) is 8.24. The molecule has 196 valence electrons. The van der Waals surface area contributed by atoms with Crippen LogP contribution in [0.25, 0.3) is 0 Å². The third-order valence-electron chi connectivity index (χ3n) is 6.31. The number of hydrogen-bond donors (Lipinski definition) is 1. The molecule has 0 heterocycles. The summed E-state index contributed by atoms with van der Waals surface area (Å²) in [6.45, 7) is 7.82. The lowest BCUT2D eigenvalue weighted by molar-refractivity contribution is -0.143. The number of ether oxygens (including phenoxy) is 1. The SMILES string of the molecule is CC[C@@H](C)NC(=O)[C@H](Cc1ccccc1)N(Cc1ccc(Cl)cc1Cl)C(=O)COc1ccc(C)cc1C. The number of carbonyl (C=O) groups is 2. The van der Waals surface area contributed by atoms with Crippen molar-refractivity contribution >= 4 is 35.0 Å². The summed E-state index contributed by atoms with van der Waals surface area (Å²) in [4.78, 5) is 28.8.